The number of hydrogen-bond acceptors (Lipinski definition) is 7. The van der Waals surface area contributed by atoms with Gasteiger partial charge in [0.25, 0.3) is 5.91 Å². The lowest BCUT2D eigenvalue weighted by molar-refractivity contribution is 0.0947. The molecule has 0 saturated carbocycles. The number of rotatable bonds is 7. The fourth-order valence-electron chi connectivity index (χ4n) is 2.94. The highest BCUT2D eigenvalue weighted by Crippen LogP contribution is 2.36. The average Bonchev–Trinajstić information content (AvgIpc) is 3.26. The van der Waals surface area contributed by atoms with Crippen molar-refractivity contribution in [2.75, 3.05) is 6.79 Å². The first-order chi connectivity index (χ1) is 15.5. The summed E-state index contributed by atoms with van der Waals surface area (Å²) in [4.78, 5) is 16.9. The van der Waals surface area contributed by atoms with Crippen LogP contribution in [0.2, 0.25) is 0 Å². The van der Waals surface area contributed by atoms with Gasteiger partial charge < -0.3 is 24.3 Å². The number of hydrogen-bond donors (Lipinski definition) is 1. The maximum absolute atomic E-state index is 14.4. The molecule has 0 spiro atoms. The van der Waals surface area contributed by atoms with E-state index in [0.717, 1.165) is 0 Å². The van der Waals surface area contributed by atoms with E-state index in [1.54, 1.807) is 37.3 Å². The van der Waals surface area contributed by atoms with Crippen molar-refractivity contribution in [1.82, 2.24) is 10.3 Å². The van der Waals surface area contributed by atoms with E-state index in [9.17, 15) is 9.18 Å². The monoisotopic (exact) mass is 435 g/mol. The van der Waals surface area contributed by atoms with E-state index in [1.807, 2.05) is 6.07 Å². The fraction of sp³-hybridized carbons (Fsp3) is 0.174. The van der Waals surface area contributed by atoms with Gasteiger partial charge in [0.1, 0.15) is 28.9 Å². The highest BCUT2D eigenvalue weighted by atomic mass is 19.1. The summed E-state index contributed by atoms with van der Waals surface area (Å²) in [7, 11) is 0. The van der Waals surface area contributed by atoms with Gasteiger partial charge in [-0.15, -0.1) is 0 Å². The first-order valence-corrected chi connectivity index (χ1v) is 9.69. The van der Waals surface area contributed by atoms with Crippen LogP contribution in [0.15, 0.2) is 54.7 Å². The number of aromatic nitrogens is 1. The number of nitrogens with one attached hydrogen (secondary N) is 1. The number of nitriles is 1. The van der Waals surface area contributed by atoms with Crippen molar-refractivity contribution in [3.8, 4) is 34.9 Å². The average molecular weight is 435 g/mol. The van der Waals surface area contributed by atoms with Crippen LogP contribution in [0.4, 0.5) is 4.39 Å². The summed E-state index contributed by atoms with van der Waals surface area (Å²) < 4.78 is 36.0. The molecule has 1 aliphatic heterocycles. The van der Waals surface area contributed by atoms with Gasteiger partial charge in [0, 0.05) is 30.4 Å². The summed E-state index contributed by atoms with van der Waals surface area (Å²) in [6, 6.07) is 14.3. The Morgan fingerprint density at radius 2 is 2.03 bits per heavy atom. The number of halogens is 1. The topological polar surface area (TPSA) is 103 Å². The molecule has 4 rings (SSSR count). The van der Waals surface area contributed by atoms with Crippen molar-refractivity contribution >= 4 is 5.91 Å². The molecule has 0 radical (unpaired) electrons. The molecular weight excluding hydrogens is 417 g/mol. The molecule has 0 fully saturated rings. The van der Waals surface area contributed by atoms with Gasteiger partial charge >= 0.3 is 0 Å². The molecule has 1 aliphatic rings. The molecule has 32 heavy (non-hydrogen) atoms. The van der Waals surface area contributed by atoms with Crippen molar-refractivity contribution in [2.24, 2.45) is 0 Å². The van der Waals surface area contributed by atoms with E-state index in [2.05, 4.69) is 10.3 Å². The number of carbonyl (C=O) groups excluding carboxylic acids is 1. The molecule has 2 aromatic carbocycles. The van der Waals surface area contributed by atoms with E-state index in [1.165, 1.54) is 24.4 Å². The number of benzene rings is 2. The molecule has 1 amide bonds. The van der Waals surface area contributed by atoms with Crippen LogP contribution in [0.5, 0.6) is 28.9 Å². The number of ether oxygens (including phenoxy) is 4. The molecular formula is C23H18FN3O5. The molecule has 8 nitrogen and oxygen atoms in total. The number of carbonyl (C=O) groups is 1. The highest BCUT2D eigenvalue weighted by Gasteiger charge is 2.18. The lowest BCUT2D eigenvalue weighted by atomic mass is 10.2. The van der Waals surface area contributed by atoms with Crippen molar-refractivity contribution < 1.29 is 28.1 Å². The zero-order chi connectivity index (χ0) is 22.5. The Labute approximate surface area is 183 Å². The van der Waals surface area contributed by atoms with Crippen LogP contribution in [0, 0.1) is 17.1 Å². The molecule has 0 bridgehead atoms. The second-order valence-corrected chi connectivity index (χ2v) is 6.80. The normalized spacial score (nSPS) is 12.5. The van der Waals surface area contributed by atoms with Crippen LogP contribution in [-0.2, 0) is 6.54 Å². The minimum Gasteiger partial charge on any atom is -0.476 e. The first-order valence-electron chi connectivity index (χ1n) is 9.69. The lowest BCUT2D eigenvalue weighted by Crippen LogP contribution is -2.24. The Balaban J connectivity index is 1.44. The van der Waals surface area contributed by atoms with E-state index in [0.29, 0.717) is 17.2 Å². The summed E-state index contributed by atoms with van der Waals surface area (Å²) in [5.74, 6) is 0.864. The van der Waals surface area contributed by atoms with Gasteiger partial charge in [-0.1, -0.05) is 6.07 Å². The zero-order valence-electron chi connectivity index (χ0n) is 17.0. The Morgan fingerprint density at radius 3 is 2.84 bits per heavy atom. The third kappa shape index (κ3) is 4.70. The van der Waals surface area contributed by atoms with Gasteiger partial charge in [-0.2, -0.15) is 5.26 Å². The molecule has 2 heterocycles. The largest absolute Gasteiger partial charge is 0.476 e. The maximum Gasteiger partial charge on any atom is 0.257 e. The third-order valence-electron chi connectivity index (χ3n) is 4.53. The SMILES string of the molecule is CC(C#N)Oc1ccc(CNC(=O)c2cccnc2Oc2ccc3c(c2)OCO3)c(F)c1. The summed E-state index contributed by atoms with van der Waals surface area (Å²) in [6.45, 7) is 1.64. The van der Waals surface area contributed by atoms with E-state index < -0.39 is 17.8 Å². The fourth-order valence-corrected chi connectivity index (χ4v) is 2.94. The van der Waals surface area contributed by atoms with Gasteiger partial charge in [-0.05, 0) is 37.3 Å². The van der Waals surface area contributed by atoms with Crippen LogP contribution < -0.4 is 24.3 Å². The van der Waals surface area contributed by atoms with Crippen molar-refractivity contribution in [3.05, 3.63) is 71.7 Å². The predicted octanol–water partition coefficient (Wildman–Crippen LogP) is 3.96. The van der Waals surface area contributed by atoms with Gasteiger partial charge in [0.05, 0.1) is 0 Å². The Morgan fingerprint density at radius 1 is 1.22 bits per heavy atom. The molecule has 9 heteroatoms. The lowest BCUT2D eigenvalue weighted by Gasteiger charge is -2.12. The minimum atomic E-state index is -0.700. The van der Waals surface area contributed by atoms with Crippen LogP contribution in [0.25, 0.3) is 0 Å². The maximum atomic E-state index is 14.4. The van der Waals surface area contributed by atoms with Gasteiger partial charge in [-0.3, -0.25) is 4.79 Å². The Bertz CT molecular complexity index is 1190. The number of amides is 1. The summed E-state index contributed by atoms with van der Waals surface area (Å²) >= 11 is 0. The first kappa shape index (κ1) is 20.9. The Kier molecular flexibility index (Phi) is 6.03. The predicted molar refractivity (Wildman–Crippen MR) is 110 cm³/mol. The zero-order valence-corrected chi connectivity index (χ0v) is 17.0. The van der Waals surface area contributed by atoms with Crippen LogP contribution >= 0.6 is 0 Å². The van der Waals surface area contributed by atoms with Crippen molar-refractivity contribution in [3.63, 3.8) is 0 Å². The highest BCUT2D eigenvalue weighted by molar-refractivity contribution is 5.96. The minimum absolute atomic E-state index is 0.0584. The Hall–Kier alpha value is -4.32. The molecule has 0 saturated heterocycles. The van der Waals surface area contributed by atoms with Crippen molar-refractivity contribution in [2.45, 2.75) is 19.6 Å². The molecule has 0 aliphatic carbocycles. The number of nitrogens with zero attached hydrogens (tertiary/aromatic N) is 2. The van der Waals surface area contributed by atoms with Crippen LogP contribution in [-0.4, -0.2) is 23.8 Å². The number of pyridine rings is 1. The van der Waals surface area contributed by atoms with Crippen molar-refractivity contribution in [1.29, 1.82) is 5.26 Å². The van der Waals surface area contributed by atoms with Gasteiger partial charge in [-0.25, -0.2) is 9.37 Å². The van der Waals surface area contributed by atoms with Gasteiger partial charge in [0.2, 0.25) is 12.7 Å². The quantitative estimate of drug-likeness (QED) is 0.599. The van der Waals surface area contributed by atoms with E-state index in [4.69, 9.17) is 24.2 Å². The smallest absolute Gasteiger partial charge is 0.257 e. The van der Waals surface area contributed by atoms with E-state index in [-0.39, 0.29) is 36.1 Å². The number of fused-ring (bicyclic) bond motifs is 1. The summed E-state index contributed by atoms with van der Waals surface area (Å²) in [5, 5.41) is 11.4. The van der Waals surface area contributed by atoms with Crippen LogP contribution in [0.3, 0.4) is 0 Å². The van der Waals surface area contributed by atoms with Crippen LogP contribution in [0.1, 0.15) is 22.8 Å². The molecule has 1 unspecified atom stereocenters. The molecule has 162 valence electrons. The van der Waals surface area contributed by atoms with Gasteiger partial charge in [0.15, 0.2) is 17.6 Å². The molecule has 1 aromatic heterocycles. The molecule has 3 aromatic rings. The summed E-state index contributed by atoms with van der Waals surface area (Å²) in [5.41, 5.74) is 0.450. The second kappa shape index (κ2) is 9.22. The second-order valence-electron chi connectivity index (χ2n) is 6.80. The molecule has 1 atom stereocenters. The summed E-state index contributed by atoms with van der Waals surface area (Å²) in [6.07, 6.45) is 0.799. The third-order valence-corrected chi connectivity index (χ3v) is 4.53. The standard InChI is InChI=1S/C23H18FN3O5/c1-14(11-25)31-16-5-4-15(19(24)9-16)12-27-22(28)18-3-2-8-26-23(18)32-17-6-7-20-21(10-17)30-13-29-20/h2-10,14H,12-13H2,1H3,(H,27,28). The van der Waals surface area contributed by atoms with E-state index >= 15 is 0 Å². The molecule has 1 N–H and O–H groups in total.